The fraction of sp³-hybridized carbons (Fsp3) is 0.391. The molecule has 0 bridgehead atoms. The summed E-state index contributed by atoms with van der Waals surface area (Å²) in [5.41, 5.74) is 4.40. The number of hydrogen-bond donors (Lipinski definition) is 1. The summed E-state index contributed by atoms with van der Waals surface area (Å²) in [5, 5.41) is 8.21. The molecule has 8 heteroatoms. The highest BCUT2D eigenvalue weighted by molar-refractivity contribution is 5.80. The largest absolute Gasteiger partial charge is 0.357 e. The van der Waals surface area contributed by atoms with Gasteiger partial charge in [-0.2, -0.15) is 5.10 Å². The Balaban J connectivity index is 1.47. The summed E-state index contributed by atoms with van der Waals surface area (Å²) in [4.78, 5) is 18.2. The number of aliphatic imine (C=N–C) groups is 1. The molecule has 0 spiro atoms. The van der Waals surface area contributed by atoms with E-state index in [0.29, 0.717) is 6.54 Å². The number of nitrogens with zero attached hydrogens (tertiary/aromatic N) is 7. The zero-order chi connectivity index (χ0) is 21.6. The van der Waals surface area contributed by atoms with Crippen molar-refractivity contribution in [3.05, 3.63) is 65.7 Å². The molecular formula is C23H30N8. The summed E-state index contributed by atoms with van der Waals surface area (Å²) in [5.74, 6) is 1.74. The Bertz CT molecular complexity index is 1000. The number of hydrogen-bond acceptors (Lipinski definition) is 5. The second kappa shape index (κ2) is 9.59. The predicted molar refractivity (Wildman–Crippen MR) is 124 cm³/mol. The first-order chi connectivity index (χ1) is 15.2. The van der Waals surface area contributed by atoms with Crippen molar-refractivity contribution in [3.8, 4) is 5.69 Å². The van der Waals surface area contributed by atoms with Gasteiger partial charge in [0.2, 0.25) is 5.95 Å². The van der Waals surface area contributed by atoms with Crippen LogP contribution in [0.3, 0.4) is 0 Å². The van der Waals surface area contributed by atoms with E-state index in [-0.39, 0.29) is 0 Å². The number of nitrogens with one attached hydrogen (secondary N) is 1. The van der Waals surface area contributed by atoms with Gasteiger partial charge in [0.15, 0.2) is 5.96 Å². The summed E-state index contributed by atoms with van der Waals surface area (Å²) in [6.45, 7) is 11.2. The third-order valence-corrected chi connectivity index (χ3v) is 5.58. The third kappa shape index (κ3) is 4.68. The number of benzene rings is 1. The first-order valence-electron chi connectivity index (χ1n) is 10.8. The molecule has 1 saturated heterocycles. The average Bonchev–Trinajstić information content (AvgIpc) is 3.11. The molecule has 31 heavy (non-hydrogen) atoms. The number of para-hydroxylation sites is 1. The van der Waals surface area contributed by atoms with Crippen molar-refractivity contribution >= 4 is 11.9 Å². The normalized spacial score (nSPS) is 14.7. The van der Waals surface area contributed by atoms with E-state index in [1.54, 1.807) is 12.4 Å². The van der Waals surface area contributed by atoms with Crippen LogP contribution in [0.2, 0.25) is 0 Å². The van der Waals surface area contributed by atoms with Crippen molar-refractivity contribution in [2.75, 3.05) is 37.6 Å². The van der Waals surface area contributed by atoms with Gasteiger partial charge in [-0.1, -0.05) is 18.2 Å². The topological polar surface area (TPSA) is 74.5 Å². The minimum absolute atomic E-state index is 0.606. The molecule has 1 aromatic carbocycles. The van der Waals surface area contributed by atoms with E-state index in [0.717, 1.165) is 61.7 Å². The third-order valence-electron chi connectivity index (χ3n) is 5.58. The molecular weight excluding hydrogens is 388 g/mol. The van der Waals surface area contributed by atoms with Crippen molar-refractivity contribution in [2.45, 2.75) is 27.3 Å². The van der Waals surface area contributed by atoms with Crippen molar-refractivity contribution in [3.63, 3.8) is 0 Å². The number of rotatable bonds is 5. The SMILES string of the molecule is CCNC(=NCc1c(C)nn(-c2ccccc2)c1C)N1CCN(c2ncccn2)CC1. The Kier molecular flexibility index (Phi) is 6.45. The zero-order valence-corrected chi connectivity index (χ0v) is 18.5. The molecule has 0 aliphatic carbocycles. The molecule has 3 heterocycles. The molecule has 0 unspecified atom stereocenters. The van der Waals surface area contributed by atoms with Gasteiger partial charge >= 0.3 is 0 Å². The molecule has 0 saturated carbocycles. The van der Waals surface area contributed by atoms with Gasteiger partial charge in [0.05, 0.1) is 17.9 Å². The molecule has 0 atom stereocenters. The van der Waals surface area contributed by atoms with Crippen LogP contribution in [0.5, 0.6) is 0 Å². The first-order valence-corrected chi connectivity index (χ1v) is 10.8. The fourth-order valence-corrected chi connectivity index (χ4v) is 3.88. The minimum Gasteiger partial charge on any atom is -0.357 e. The van der Waals surface area contributed by atoms with E-state index < -0.39 is 0 Å². The van der Waals surface area contributed by atoms with Crippen LogP contribution >= 0.6 is 0 Å². The van der Waals surface area contributed by atoms with E-state index in [4.69, 9.17) is 10.1 Å². The summed E-state index contributed by atoms with van der Waals surface area (Å²) in [6.07, 6.45) is 3.58. The maximum atomic E-state index is 4.96. The fourth-order valence-electron chi connectivity index (χ4n) is 3.88. The van der Waals surface area contributed by atoms with Crippen molar-refractivity contribution in [1.29, 1.82) is 0 Å². The standard InChI is InChI=1S/C23H30N8/c1-4-24-22(29-13-15-30(16-14-29)23-25-11-8-12-26-23)27-17-21-18(2)28-31(19(21)3)20-9-6-5-7-10-20/h5-12H,4,13-17H2,1-3H3,(H,24,27). The molecule has 1 fully saturated rings. The Morgan fingerprint density at radius 3 is 2.39 bits per heavy atom. The maximum absolute atomic E-state index is 4.96. The van der Waals surface area contributed by atoms with Gasteiger partial charge in [0, 0.05) is 56.4 Å². The van der Waals surface area contributed by atoms with Gasteiger partial charge in [-0.3, -0.25) is 0 Å². The van der Waals surface area contributed by atoms with Crippen LogP contribution < -0.4 is 10.2 Å². The number of aryl methyl sites for hydroxylation is 1. The molecule has 0 radical (unpaired) electrons. The van der Waals surface area contributed by atoms with Crippen molar-refractivity contribution in [2.24, 2.45) is 4.99 Å². The summed E-state index contributed by atoms with van der Waals surface area (Å²) in [6, 6.07) is 12.1. The monoisotopic (exact) mass is 418 g/mol. The maximum Gasteiger partial charge on any atom is 0.225 e. The zero-order valence-electron chi connectivity index (χ0n) is 18.5. The number of piperazine rings is 1. The Morgan fingerprint density at radius 2 is 1.71 bits per heavy atom. The molecule has 8 nitrogen and oxygen atoms in total. The quantitative estimate of drug-likeness (QED) is 0.507. The lowest BCUT2D eigenvalue weighted by Crippen LogP contribution is -2.53. The van der Waals surface area contributed by atoms with E-state index in [1.165, 1.54) is 5.56 Å². The minimum atomic E-state index is 0.606. The average molecular weight is 419 g/mol. The summed E-state index contributed by atoms with van der Waals surface area (Å²) in [7, 11) is 0. The summed E-state index contributed by atoms with van der Waals surface area (Å²) >= 11 is 0. The van der Waals surface area contributed by atoms with Crippen LogP contribution in [-0.2, 0) is 6.54 Å². The second-order valence-electron chi connectivity index (χ2n) is 7.59. The number of anilines is 1. The highest BCUT2D eigenvalue weighted by Crippen LogP contribution is 2.19. The Hall–Kier alpha value is -3.42. The highest BCUT2D eigenvalue weighted by Gasteiger charge is 2.21. The van der Waals surface area contributed by atoms with Crippen LogP contribution in [0.1, 0.15) is 23.9 Å². The van der Waals surface area contributed by atoms with Gasteiger partial charge < -0.3 is 15.1 Å². The van der Waals surface area contributed by atoms with Crippen LogP contribution in [0.25, 0.3) is 5.69 Å². The molecule has 162 valence electrons. The van der Waals surface area contributed by atoms with Crippen molar-refractivity contribution in [1.82, 2.24) is 30.0 Å². The second-order valence-corrected chi connectivity index (χ2v) is 7.59. The lowest BCUT2D eigenvalue weighted by molar-refractivity contribution is 0.370. The predicted octanol–water partition coefficient (Wildman–Crippen LogP) is 2.57. The molecule has 0 amide bonds. The Labute approximate surface area is 183 Å². The van der Waals surface area contributed by atoms with E-state index in [9.17, 15) is 0 Å². The van der Waals surface area contributed by atoms with E-state index in [2.05, 4.69) is 58.0 Å². The molecule has 3 aromatic rings. The van der Waals surface area contributed by atoms with E-state index >= 15 is 0 Å². The van der Waals surface area contributed by atoms with Crippen LogP contribution in [0, 0.1) is 13.8 Å². The molecule has 2 aromatic heterocycles. The molecule has 1 aliphatic heterocycles. The molecule has 1 aliphatic rings. The van der Waals surface area contributed by atoms with Gasteiger partial charge in [-0.15, -0.1) is 0 Å². The van der Waals surface area contributed by atoms with Crippen molar-refractivity contribution < 1.29 is 0 Å². The van der Waals surface area contributed by atoms with Gasteiger partial charge in [-0.25, -0.2) is 19.6 Å². The lowest BCUT2D eigenvalue weighted by atomic mass is 10.2. The first kappa shape index (κ1) is 20.8. The molecule has 4 rings (SSSR count). The summed E-state index contributed by atoms with van der Waals surface area (Å²) < 4.78 is 2.01. The highest BCUT2D eigenvalue weighted by atomic mass is 15.4. The smallest absolute Gasteiger partial charge is 0.225 e. The van der Waals surface area contributed by atoms with Crippen LogP contribution in [-0.4, -0.2) is 63.3 Å². The van der Waals surface area contributed by atoms with E-state index in [1.807, 2.05) is 28.9 Å². The van der Waals surface area contributed by atoms with Gasteiger partial charge in [0.25, 0.3) is 0 Å². The number of aromatic nitrogens is 4. The Morgan fingerprint density at radius 1 is 1.00 bits per heavy atom. The number of guanidine groups is 1. The van der Waals surface area contributed by atoms with Crippen LogP contribution in [0.15, 0.2) is 53.8 Å². The van der Waals surface area contributed by atoms with Gasteiger partial charge in [0.1, 0.15) is 0 Å². The van der Waals surface area contributed by atoms with Crippen LogP contribution in [0.4, 0.5) is 5.95 Å². The van der Waals surface area contributed by atoms with Gasteiger partial charge in [-0.05, 0) is 39.0 Å². The molecule has 1 N–H and O–H groups in total. The lowest BCUT2D eigenvalue weighted by Gasteiger charge is -2.36.